The first kappa shape index (κ1) is 12.5. The molecule has 1 unspecified atom stereocenters. The van der Waals surface area contributed by atoms with E-state index in [0.717, 1.165) is 11.3 Å². The molecule has 90 valence electrons. The van der Waals surface area contributed by atoms with Crippen LogP contribution in [-0.4, -0.2) is 6.54 Å². The summed E-state index contributed by atoms with van der Waals surface area (Å²) in [7, 11) is 0. The Bertz CT molecular complexity index is 487. The molecule has 17 heavy (non-hydrogen) atoms. The summed E-state index contributed by atoms with van der Waals surface area (Å²) in [6.45, 7) is 0.492. The van der Waals surface area contributed by atoms with Gasteiger partial charge in [0.2, 0.25) is 0 Å². The van der Waals surface area contributed by atoms with Gasteiger partial charge in [-0.25, -0.2) is 4.39 Å². The summed E-state index contributed by atoms with van der Waals surface area (Å²) in [6.07, 6.45) is 0. The summed E-state index contributed by atoms with van der Waals surface area (Å²) >= 11 is 4.80. The molecule has 1 heterocycles. The second-order valence-electron chi connectivity index (χ2n) is 3.62. The van der Waals surface area contributed by atoms with Crippen molar-refractivity contribution in [1.29, 1.82) is 0 Å². The molecule has 0 amide bonds. The number of hydrogen-bond donors (Lipinski definition) is 2. The van der Waals surface area contributed by atoms with E-state index in [-0.39, 0.29) is 11.9 Å². The molecular formula is C12H12BrFN2S. The topological polar surface area (TPSA) is 38.0 Å². The molecule has 0 aliphatic carbocycles. The minimum atomic E-state index is -0.268. The fourth-order valence-corrected chi connectivity index (χ4v) is 2.63. The normalized spacial score (nSPS) is 12.4. The maximum atomic E-state index is 13.1. The van der Waals surface area contributed by atoms with E-state index in [1.807, 2.05) is 11.4 Å². The molecule has 2 nitrogen and oxygen atoms in total. The number of hydrogen-bond acceptors (Lipinski definition) is 3. The third-order valence-electron chi connectivity index (χ3n) is 2.44. The van der Waals surface area contributed by atoms with Crippen LogP contribution in [0.25, 0.3) is 0 Å². The fraction of sp³-hybridized carbons (Fsp3) is 0.167. The molecule has 2 rings (SSSR count). The van der Waals surface area contributed by atoms with Gasteiger partial charge < -0.3 is 11.1 Å². The van der Waals surface area contributed by atoms with Crippen LogP contribution in [0.4, 0.5) is 10.1 Å². The summed E-state index contributed by atoms with van der Waals surface area (Å²) in [5.41, 5.74) is 7.73. The molecule has 0 saturated carbocycles. The second-order valence-corrected chi connectivity index (χ2v) is 5.25. The van der Waals surface area contributed by atoms with Gasteiger partial charge in [0.1, 0.15) is 5.82 Å². The highest BCUT2D eigenvalue weighted by Gasteiger charge is 2.10. The number of anilines is 1. The largest absolute Gasteiger partial charge is 0.377 e. The predicted octanol–water partition coefficient (Wildman–Crippen LogP) is 3.76. The molecule has 0 saturated heterocycles. The molecule has 0 fully saturated rings. The molecule has 0 aliphatic heterocycles. The number of thiophene rings is 1. The van der Waals surface area contributed by atoms with Gasteiger partial charge in [0.15, 0.2) is 0 Å². The van der Waals surface area contributed by atoms with E-state index < -0.39 is 0 Å². The first-order valence-electron chi connectivity index (χ1n) is 5.14. The SMILES string of the molecule is NCC(Nc1ccc(F)c(Br)c1)c1ccsc1. The average molecular weight is 315 g/mol. The zero-order valence-electron chi connectivity index (χ0n) is 8.99. The Morgan fingerprint density at radius 3 is 2.82 bits per heavy atom. The highest BCUT2D eigenvalue weighted by molar-refractivity contribution is 9.10. The Hall–Kier alpha value is -0.910. The van der Waals surface area contributed by atoms with Crippen molar-refractivity contribution in [3.8, 4) is 0 Å². The molecule has 0 aliphatic rings. The van der Waals surface area contributed by atoms with Gasteiger partial charge in [0.25, 0.3) is 0 Å². The Kier molecular flexibility index (Phi) is 4.15. The average Bonchev–Trinajstić information content (AvgIpc) is 2.84. The third-order valence-corrected chi connectivity index (χ3v) is 3.75. The molecule has 1 aromatic heterocycles. The minimum absolute atomic E-state index is 0.0543. The molecule has 2 aromatic rings. The van der Waals surface area contributed by atoms with Gasteiger partial charge in [-0.15, -0.1) is 0 Å². The van der Waals surface area contributed by atoms with Crippen LogP contribution in [0.1, 0.15) is 11.6 Å². The highest BCUT2D eigenvalue weighted by atomic mass is 79.9. The molecule has 0 bridgehead atoms. The van der Waals surface area contributed by atoms with Crippen molar-refractivity contribution >= 4 is 33.0 Å². The van der Waals surface area contributed by atoms with E-state index in [9.17, 15) is 4.39 Å². The Labute approximate surface area is 112 Å². The predicted molar refractivity (Wildman–Crippen MR) is 73.8 cm³/mol. The van der Waals surface area contributed by atoms with Crippen molar-refractivity contribution in [2.45, 2.75) is 6.04 Å². The lowest BCUT2D eigenvalue weighted by Gasteiger charge is -2.17. The third kappa shape index (κ3) is 3.06. The van der Waals surface area contributed by atoms with Gasteiger partial charge in [0, 0.05) is 12.2 Å². The Balaban J connectivity index is 2.16. The van der Waals surface area contributed by atoms with Crippen LogP contribution in [0.5, 0.6) is 0 Å². The van der Waals surface area contributed by atoms with Crippen molar-refractivity contribution in [2.75, 3.05) is 11.9 Å². The number of nitrogens with two attached hydrogens (primary N) is 1. The van der Waals surface area contributed by atoms with Crippen molar-refractivity contribution in [3.05, 3.63) is 50.9 Å². The molecule has 1 atom stereocenters. The van der Waals surface area contributed by atoms with Gasteiger partial charge >= 0.3 is 0 Å². The molecular weight excluding hydrogens is 303 g/mol. The lowest BCUT2D eigenvalue weighted by molar-refractivity contribution is 0.621. The van der Waals surface area contributed by atoms with Crippen LogP contribution in [-0.2, 0) is 0 Å². The Morgan fingerprint density at radius 2 is 2.24 bits per heavy atom. The zero-order valence-corrected chi connectivity index (χ0v) is 11.4. The molecule has 5 heteroatoms. The number of nitrogens with one attached hydrogen (secondary N) is 1. The van der Waals surface area contributed by atoms with Crippen LogP contribution in [0.15, 0.2) is 39.5 Å². The highest BCUT2D eigenvalue weighted by Crippen LogP contribution is 2.24. The summed E-state index contributed by atoms with van der Waals surface area (Å²) in [5.74, 6) is -0.268. The number of halogens is 2. The number of rotatable bonds is 4. The van der Waals surface area contributed by atoms with Crippen LogP contribution in [0.2, 0.25) is 0 Å². The molecule has 0 spiro atoms. The van der Waals surface area contributed by atoms with Crippen LogP contribution in [0, 0.1) is 5.82 Å². The first-order chi connectivity index (χ1) is 8.20. The van der Waals surface area contributed by atoms with Crippen LogP contribution >= 0.6 is 27.3 Å². The van der Waals surface area contributed by atoms with Gasteiger partial charge in [-0.1, -0.05) is 0 Å². The van der Waals surface area contributed by atoms with E-state index in [1.165, 1.54) is 6.07 Å². The standard InChI is InChI=1S/C12H12BrFN2S/c13-10-5-9(1-2-11(10)14)16-12(6-15)8-3-4-17-7-8/h1-5,7,12,16H,6,15H2. The minimum Gasteiger partial charge on any atom is -0.377 e. The van der Waals surface area contributed by atoms with Crippen molar-refractivity contribution < 1.29 is 4.39 Å². The zero-order chi connectivity index (χ0) is 12.3. The lowest BCUT2D eigenvalue weighted by Crippen LogP contribution is -2.20. The quantitative estimate of drug-likeness (QED) is 0.901. The number of benzene rings is 1. The van der Waals surface area contributed by atoms with Crippen LogP contribution < -0.4 is 11.1 Å². The van der Waals surface area contributed by atoms with Gasteiger partial charge in [-0.3, -0.25) is 0 Å². The van der Waals surface area contributed by atoms with E-state index in [2.05, 4.69) is 26.6 Å². The van der Waals surface area contributed by atoms with E-state index in [1.54, 1.807) is 23.5 Å². The van der Waals surface area contributed by atoms with Crippen molar-refractivity contribution in [1.82, 2.24) is 0 Å². The maximum Gasteiger partial charge on any atom is 0.137 e. The molecule has 0 radical (unpaired) electrons. The summed E-state index contributed by atoms with van der Waals surface area (Å²) in [5, 5.41) is 7.36. The van der Waals surface area contributed by atoms with Crippen LogP contribution in [0.3, 0.4) is 0 Å². The summed E-state index contributed by atoms with van der Waals surface area (Å²) in [6, 6.07) is 6.93. The van der Waals surface area contributed by atoms with E-state index in [0.29, 0.717) is 11.0 Å². The van der Waals surface area contributed by atoms with Gasteiger partial charge in [-0.05, 0) is 56.5 Å². The lowest BCUT2D eigenvalue weighted by atomic mass is 10.1. The van der Waals surface area contributed by atoms with Crippen molar-refractivity contribution in [3.63, 3.8) is 0 Å². The van der Waals surface area contributed by atoms with E-state index >= 15 is 0 Å². The van der Waals surface area contributed by atoms with Crippen molar-refractivity contribution in [2.24, 2.45) is 5.73 Å². The molecule has 1 aromatic carbocycles. The maximum absolute atomic E-state index is 13.1. The van der Waals surface area contributed by atoms with Gasteiger partial charge in [0.05, 0.1) is 10.5 Å². The second kappa shape index (κ2) is 5.62. The monoisotopic (exact) mass is 314 g/mol. The van der Waals surface area contributed by atoms with E-state index in [4.69, 9.17) is 5.73 Å². The molecule has 3 N–H and O–H groups in total. The van der Waals surface area contributed by atoms with Gasteiger partial charge in [-0.2, -0.15) is 11.3 Å². The summed E-state index contributed by atoms with van der Waals surface area (Å²) < 4.78 is 13.5. The summed E-state index contributed by atoms with van der Waals surface area (Å²) in [4.78, 5) is 0. The fourth-order valence-electron chi connectivity index (χ4n) is 1.54. The smallest absolute Gasteiger partial charge is 0.137 e. The Morgan fingerprint density at radius 1 is 1.41 bits per heavy atom. The first-order valence-corrected chi connectivity index (χ1v) is 6.88.